The van der Waals surface area contributed by atoms with Crippen molar-refractivity contribution in [3.8, 4) is 0 Å². The summed E-state index contributed by atoms with van der Waals surface area (Å²) in [7, 11) is 0. The molecule has 0 radical (unpaired) electrons. The lowest BCUT2D eigenvalue weighted by atomic mass is 10.2. The van der Waals surface area contributed by atoms with Crippen LogP contribution in [0.15, 0.2) is 41.0 Å². The number of hydrogen-bond acceptors (Lipinski definition) is 3. The highest BCUT2D eigenvalue weighted by Gasteiger charge is 2.13. The Hall–Kier alpha value is -1.39. The Morgan fingerprint density at radius 3 is 2.70 bits per heavy atom. The maximum absolute atomic E-state index is 5.67. The maximum atomic E-state index is 5.67. The quantitative estimate of drug-likeness (QED) is 0.900. The summed E-state index contributed by atoms with van der Waals surface area (Å²) in [4.78, 5) is 6.81. The minimum Gasteiger partial charge on any atom is -0.330 e. The summed E-state index contributed by atoms with van der Waals surface area (Å²) in [5.74, 6) is 0.993. The Labute approximate surface area is 129 Å². The third-order valence-electron chi connectivity index (χ3n) is 3.17. The van der Waals surface area contributed by atoms with Gasteiger partial charge >= 0.3 is 0 Å². The maximum Gasteiger partial charge on any atom is 0.135 e. The first kappa shape index (κ1) is 15.0. The highest BCUT2D eigenvalue weighted by atomic mass is 79.9. The van der Waals surface area contributed by atoms with E-state index in [1.165, 1.54) is 5.56 Å². The Morgan fingerprint density at radius 1 is 1.25 bits per heavy atom. The molecule has 0 aliphatic rings. The van der Waals surface area contributed by atoms with Gasteiger partial charge in [-0.15, -0.1) is 0 Å². The summed E-state index contributed by atoms with van der Waals surface area (Å²) >= 11 is 3.46. The van der Waals surface area contributed by atoms with Gasteiger partial charge in [0.1, 0.15) is 5.82 Å². The number of aryl methyl sites for hydroxylation is 2. The third kappa shape index (κ3) is 3.58. The van der Waals surface area contributed by atoms with Crippen LogP contribution < -0.4 is 10.6 Å². The van der Waals surface area contributed by atoms with Crippen molar-refractivity contribution < 1.29 is 0 Å². The van der Waals surface area contributed by atoms with Gasteiger partial charge < -0.3 is 10.6 Å². The van der Waals surface area contributed by atoms with E-state index in [0.717, 1.165) is 34.5 Å². The van der Waals surface area contributed by atoms with Crippen LogP contribution >= 0.6 is 15.9 Å². The molecule has 2 rings (SSSR count). The molecule has 0 atom stereocenters. The molecule has 0 amide bonds. The van der Waals surface area contributed by atoms with Crippen molar-refractivity contribution in [1.82, 2.24) is 4.98 Å². The zero-order valence-electron chi connectivity index (χ0n) is 11.9. The lowest BCUT2D eigenvalue weighted by molar-refractivity contribution is 0.807. The van der Waals surface area contributed by atoms with Crippen LogP contribution in [0.5, 0.6) is 0 Å². The average molecular weight is 334 g/mol. The molecule has 0 aliphatic heterocycles. The second kappa shape index (κ2) is 6.86. The Balaban J connectivity index is 2.41. The van der Waals surface area contributed by atoms with E-state index in [1.807, 2.05) is 6.20 Å². The Kier molecular flexibility index (Phi) is 5.15. The minimum absolute atomic E-state index is 0.678. The molecule has 0 unspecified atom stereocenters. The first-order valence-electron chi connectivity index (χ1n) is 6.78. The number of nitrogens with zero attached hydrogens (tertiary/aromatic N) is 2. The lowest BCUT2D eigenvalue weighted by Gasteiger charge is -2.25. The zero-order valence-corrected chi connectivity index (χ0v) is 13.5. The molecule has 0 aliphatic carbocycles. The first-order valence-corrected chi connectivity index (χ1v) is 7.57. The molecule has 3 nitrogen and oxygen atoms in total. The van der Waals surface area contributed by atoms with E-state index < -0.39 is 0 Å². The number of anilines is 2. The second-order valence-electron chi connectivity index (χ2n) is 4.93. The van der Waals surface area contributed by atoms with Gasteiger partial charge in [0.25, 0.3) is 0 Å². The summed E-state index contributed by atoms with van der Waals surface area (Å²) in [6.45, 7) is 5.73. The van der Waals surface area contributed by atoms with Crippen molar-refractivity contribution in [2.45, 2.75) is 20.3 Å². The molecule has 0 bridgehead atoms. The molecular formula is C16H20BrN3. The van der Waals surface area contributed by atoms with E-state index in [2.05, 4.69) is 70.0 Å². The average Bonchev–Trinajstić information content (AvgIpc) is 2.41. The monoisotopic (exact) mass is 333 g/mol. The van der Waals surface area contributed by atoms with E-state index in [-0.39, 0.29) is 0 Å². The van der Waals surface area contributed by atoms with E-state index in [0.29, 0.717) is 6.54 Å². The summed E-state index contributed by atoms with van der Waals surface area (Å²) in [6, 6.07) is 10.6. The first-order chi connectivity index (χ1) is 9.61. The Bertz CT molecular complexity index is 584. The molecule has 4 heteroatoms. The fourth-order valence-corrected chi connectivity index (χ4v) is 2.66. The van der Waals surface area contributed by atoms with Crippen LogP contribution in [0.4, 0.5) is 11.5 Å². The van der Waals surface area contributed by atoms with Crippen LogP contribution in [0.3, 0.4) is 0 Å². The predicted molar refractivity (Wildman–Crippen MR) is 88.5 cm³/mol. The van der Waals surface area contributed by atoms with Crippen LogP contribution in [0.25, 0.3) is 0 Å². The summed E-state index contributed by atoms with van der Waals surface area (Å²) in [5.41, 5.74) is 9.23. The number of pyridine rings is 1. The standard InChI is InChI=1S/C16H20BrN3/c1-12-5-3-6-15(9-12)20(8-4-7-18)16-13(2)10-14(17)11-19-16/h3,5-6,9-11H,4,7-8,18H2,1-2H3. The molecule has 2 N–H and O–H groups in total. The van der Waals surface area contributed by atoms with Crippen LogP contribution in [0.2, 0.25) is 0 Å². The SMILES string of the molecule is Cc1cccc(N(CCCN)c2ncc(Br)cc2C)c1. The largest absolute Gasteiger partial charge is 0.330 e. The molecule has 1 aromatic carbocycles. The van der Waals surface area contributed by atoms with Crippen LogP contribution in [0, 0.1) is 13.8 Å². The van der Waals surface area contributed by atoms with Gasteiger partial charge in [0.15, 0.2) is 0 Å². The van der Waals surface area contributed by atoms with E-state index in [4.69, 9.17) is 5.73 Å². The summed E-state index contributed by atoms with van der Waals surface area (Å²) < 4.78 is 1.00. The van der Waals surface area contributed by atoms with Gasteiger partial charge in [-0.25, -0.2) is 4.98 Å². The van der Waals surface area contributed by atoms with E-state index in [1.54, 1.807) is 0 Å². The topological polar surface area (TPSA) is 42.1 Å². The van der Waals surface area contributed by atoms with Crippen molar-refractivity contribution in [1.29, 1.82) is 0 Å². The number of hydrogen-bond donors (Lipinski definition) is 1. The fraction of sp³-hybridized carbons (Fsp3) is 0.312. The summed E-state index contributed by atoms with van der Waals surface area (Å²) in [6.07, 6.45) is 2.78. The molecule has 1 heterocycles. The van der Waals surface area contributed by atoms with Gasteiger partial charge in [-0.3, -0.25) is 0 Å². The zero-order chi connectivity index (χ0) is 14.5. The van der Waals surface area contributed by atoms with Gasteiger partial charge in [-0.1, -0.05) is 12.1 Å². The number of aromatic nitrogens is 1. The minimum atomic E-state index is 0.678. The van der Waals surface area contributed by atoms with Crippen molar-refractivity contribution in [2.75, 3.05) is 18.0 Å². The van der Waals surface area contributed by atoms with Crippen molar-refractivity contribution in [3.05, 3.63) is 52.1 Å². The van der Waals surface area contributed by atoms with Crippen molar-refractivity contribution in [2.24, 2.45) is 5.73 Å². The number of nitrogens with two attached hydrogens (primary N) is 1. The molecule has 0 spiro atoms. The molecule has 0 saturated heterocycles. The smallest absolute Gasteiger partial charge is 0.135 e. The third-order valence-corrected chi connectivity index (χ3v) is 3.61. The second-order valence-corrected chi connectivity index (χ2v) is 5.84. The number of halogens is 1. The van der Waals surface area contributed by atoms with Crippen LogP contribution in [-0.2, 0) is 0 Å². The van der Waals surface area contributed by atoms with Gasteiger partial charge in [0.05, 0.1) is 0 Å². The van der Waals surface area contributed by atoms with Gasteiger partial charge in [-0.2, -0.15) is 0 Å². The van der Waals surface area contributed by atoms with Gasteiger partial charge in [0.2, 0.25) is 0 Å². The van der Waals surface area contributed by atoms with Crippen LogP contribution in [0.1, 0.15) is 17.5 Å². The molecule has 1 aromatic heterocycles. The van der Waals surface area contributed by atoms with Crippen molar-refractivity contribution >= 4 is 27.4 Å². The van der Waals surface area contributed by atoms with E-state index in [9.17, 15) is 0 Å². The molecular weight excluding hydrogens is 314 g/mol. The molecule has 0 fully saturated rings. The van der Waals surface area contributed by atoms with Crippen molar-refractivity contribution in [3.63, 3.8) is 0 Å². The molecule has 2 aromatic rings. The van der Waals surface area contributed by atoms with Gasteiger partial charge in [0, 0.05) is 22.9 Å². The van der Waals surface area contributed by atoms with Gasteiger partial charge in [-0.05, 0) is 72.1 Å². The summed E-state index contributed by atoms with van der Waals surface area (Å²) in [5, 5.41) is 0. The highest BCUT2D eigenvalue weighted by Crippen LogP contribution is 2.28. The normalized spacial score (nSPS) is 10.6. The van der Waals surface area contributed by atoms with Crippen LogP contribution in [-0.4, -0.2) is 18.1 Å². The molecule has 0 saturated carbocycles. The number of benzene rings is 1. The fourth-order valence-electron chi connectivity index (χ4n) is 2.22. The highest BCUT2D eigenvalue weighted by molar-refractivity contribution is 9.10. The predicted octanol–water partition coefficient (Wildman–Crippen LogP) is 3.95. The van der Waals surface area contributed by atoms with E-state index >= 15 is 0 Å². The molecule has 106 valence electrons. The number of rotatable bonds is 5. The lowest BCUT2D eigenvalue weighted by Crippen LogP contribution is -2.22. The Morgan fingerprint density at radius 2 is 2.05 bits per heavy atom. The molecule has 20 heavy (non-hydrogen) atoms.